The van der Waals surface area contributed by atoms with Crippen LogP contribution in [-0.2, 0) is 4.79 Å². The summed E-state index contributed by atoms with van der Waals surface area (Å²) in [5.41, 5.74) is 0.636. The van der Waals surface area contributed by atoms with Crippen LogP contribution in [0, 0.1) is 0 Å². The minimum atomic E-state index is -0.148. The number of carbonyl (C=O) groups excluding carboxylic acids is 1. The molecule has 142 valence electrons. The molecule has 0 aliphatic heterocycles. The summed E-state index contributed by atoms with van der Waals surface area (Å²) in [7, 11) is 1.57. The van der Waals surface area contributed by atoms with E-state index in [1.165, 1.54) is 11.8 Å². The highest BCUT2D eigenvalue weighted by molar-refractivity contribution is 9.10. The molecule has 0 saturated heterocycles. The number of carbonyl (C=O) groups is 1. The number of aromatic nitrogens is 3. The van der Waals surface area contributed by atoms with Gasteiger partial charge in [-0.1, -0.05) is 23.9 Å². The van der Waals surface area contributed by atoms with Crippen LogP contribution in [0.25, 0.3) is 11.6 Å². The third-order valence-corrected chi connectivity index (χ3v) is 5.06. The van der Waals surface area contributed by atoms with Crippen molar-refractivity contribution in [2.45, 2.75) is 25.0 Å². The number of thioether (sulfide) groups is 1. The summed E-state index contributed by atoms with van der Waals surface area (Å²) in [6, 6.07) is 11.0. The van der Waals surface area contributed by atoms with Crippen molar-refractivity contribution in [3.63, 3.8) is 0 Å². The number of furan rings is 1. The van der Waals surface area contributed by atoms with E-state index in [0.717, 1.165) is 0 Å². The monoisotopic (exact) mass is 450 g/mol. The lowest BCUT2D eigenvalue weighted by atomic mass is 10.3. The van der Waals surface area contributed by atoms with Gasteiger partial charge in [0.1, 0.15) is 5.75 Å². The molecule has 1 aromatic carbocycles. The molecule has 2 aromatic heterocycles. The number of para-hydroxylation sites is 2. The van der Waals surface area contributed by atoms with Crippen LogP contribution >= 0.6 is 27.7 Å². The summed E-state index contributed by atoms with van der Waals surface area (Å²) in [6.07, 6.45) is 0. The maximum Gasteiger partial charge on any atom is 0.234 e. The highest BCUT2D eigenvalue weighted by Crippen LogP contribution is 2.30. The van der Waals surface area contributed by atoms with E-state index in [0.29, 0.717) is 32.8 Å². The maximum atomic E-state index is 12.3. The number of hydrogen-bond donors (Lipinski definition) is 1. The molecule has 2 heterocycles. The van der Waals surface area contributed by atoms with Crippen molar-refractivity contribution >= 4 is 39.3 Å². The number of amides is 1. The number of anilines is 1. The number of methoxy groups -OCH3 is 1. The van der Waals surface area contributed by atoms with E-state index in [4.69, 9.17) is 9.15 Å². The lowest BCUT2D eigenvalue weighted by Gasteiger charge is -2.13. The Morgan fingerprint density at radius 2 is 2.07 bits per heavy atom. The van der Waals surface area contributed by atoms with Crippen LogP contribution in [0.2, 0.25) is 0 Å². The Bertz CT molecular complexity index is 938. The lowest BCUT2D eigenvalue weighted by Crippen LogP contribution is -2.15. The molecule has 1 N–H and O–H groups in total. The van der Waals surface area contributed by atoms with Gasteiger partial charge in [-0.05, 0) is 54.0 Å². The quantitative estimate of drug-likeness (QED) is 0.528. The van der Waals surface area contributed by atoms with Crippen molar-refractivity contribution in [2.24, 2.45) is 0 Å². The van der Waals surface area contributed by atoms with E-state index in [1.54, 1.807) is 19.2 Å². The van der Waals surface area contributed by atoms with Gasteiger partial charge in [-0.25, -0.2) is 0 Å². The molecule has 27 heavy (non-hydrogen) atoms. The molecule has 0 bridgehead atoms. The minimum Gasteiger partial charge on any atom is -0.495 e. The summed E-state index contributed by atoms with van der Waals surface area (Å²) in [4.78, 5) is 12.3. The molecule has 0 atom stereocenters. The lowest BCUT2D eigenvalue weighted by molar-refractivity contribution is -0.113. The average Bonchev–Trinajstić information content (AvgIpc) is 3.26. The molecule has 0 unspecified atom stereocenters. The Morgan fingerprint density at radius 1 is 1.30 bits per heavy atom. The van der Waals surface area contributed by atoms with Crippen molar-refractivity contribution < 1.29 is 13.9 Å². The molecule has 1 amide bonds. The maximum absolute atomic E-state index is 12.3. The first-order chi connectivity index (χ1) is 13.0. The zero-order chi connectivity index (χ0) is 19.4. The van der Waals surface area contributed by atoms with Gasteiger partial charge in [0.25, 0.3) is 0 Å². The topological polar surface area (TPSA) is 82.2 Å². The predicted molar refractivity (Wildman–Crippen MR) is 108 cm³/mol. The van der Waals surface area contributed by atoms with E-state index < -0.39 is 0 Å². The summed E-state index contributed by atoms with van der Waals surface area (Å²) in [6.45, 7) is 4.06. The highest BCUT2D eigenvalue weighted by atomic mass is 79.9. The molecule has 0 aliphatic carbocycles. The third kappa shape index (κ3) is 4.54. The van der Waals surface area contributed by atoms with Crippen LogP contribution < -0.4 is 10.1 Å². The van der Waals surface area contributed by atoms with Crippen molar-refractivity contribution in [2.75, 3.05) is 18.2 Å². The molecule has 0 radical (unpaired) electrons. The van der Waals surface area contributed by atoms with Gasteiger partial charge in [0.15, 0.2) is 15.6 Å². The van der Waals surface area contributed by atoms with E-state index in [9.17, 15) is 4.79 Å². The Labute approximate surface area is 169 Å². The number of nitrogens with zero attached hydrogens (tertiary/aromatic N) is 3. The fourth-order valence-electron chi connectivity index (χ4n) is 2.51. The van der Waals surface area contributed by atoms with Crippen LogP contribution in [-0.4, -0.2) is 33.5 Å². The van der Waals surface area contributed by atoms with E-state index in [2.05, 4.69) is 31.4 Å². The molecular formula is C18H19BrN4O3S. The molecule has 0 aliphatic rings. The largest absolute Gasteiger partial charge is 0.495 e. The first kappa shape index (κ1) is 19.5. The van der Waals surface area contributed by atoms with Crippen molar-refractivity contribution in [3.05, 3.63) is 41.1 Å². The van der Waals surface area contributed by atoms with Crippen molar-refractivity contribution in [3.8, 4) is 17.3 Å². The third-order valence-electron chi connectivity index (χ3n) is 3.69. The van der Waals surface area contributed by atoms with E-state index in [1.807, 2.05) is 42.7 Å². The smallest absolute Gasteiger partial charge is 0.234 e. The molecule has 3 aromatic rings. The Hall–Kier alpha value is -2.26. The summed E-state index contributed by atoms with van der Waals surface area (Å²) in [5, 5.41) is 12.0. The molecular weight excluding hydrogens is 432 g/mol. The van der Waals surface area contributed by atoms with Crippen molar-refractivity contribution in [1.29, 1.82) is 0 Å². The normalized spacial score (nSPS) is 11.0. The molecule has 7 nitrogen and oxygen atoms in total. The van der Waals surface area contributed by atoms with Gasteiger partial charge in [-0.15, -0.1) is 10.2 Å². The van der Waals surface area contributed by atoms with Gasteiger partial charge in [-0.3, -0.25) is 9.36 Å². The second kappa shape index (κ2) is 8.62. The highest BCUT2D eigenvalue weighted by Gasteiger charge is 2.20. The van der Waals surface area contributed by atoms with Gasteiger partial charge in [-0.2, -0.15) is 0 Å². The zero-order valence-electron chi connectivity index (χ0n) is 15.1. The molecule has 9 heteroatoms. The Balaban J connectivity index is 1.72. The first-order valence-corrected chi connectivity index (χ1v) is 10.0. The first-order valence-electron chi connectivity index (χ1n) is 8.26. The fourth-order valence-corrected chi connectivity index (χ4v) is 3.68. The fraction of sp³-hybridized carbons (Fsp3) is 0.278. The van der Waals surface area contributed by atoms with Gasteiger partial charge >= 0.3 is 0 Å². The summed E-state index contributed by atoms with van der Waals surface area (Å²) >= 11 is 4.62. The molecule has 0 saturated carbocycles. The zero-order valence-corrected chi connectivity index (χ0v) is 17.5. The number of ether oxygens (including phenoxy) is 1. The van der Waals surface area contributed by atoms with Crippen LogP contribution in [0.3, 0.4) is 0 Å². The number of halogens is 1. The van der Waals surface area contributed by atoms with E-state index >= 15 is 0 Å². The van der Waals surface area contributed by atoms with Crippen molar-refractivity contribution in [1.82, 2.24) is 14.8 Å². The molecule has 3 rings (SSSR count). The minimum absolute atomic E-state index is 0.110. The van der Waals surface area contributed by atoms with Gasteiger partial charge in [0, 0.05) is 6.04 Å². The van der Waals surface area contributed by atoms with Crippen LogP contribution in [0.5, 0.6) is 5.75 Å². The van der Waals surface area contributed by atoms with Gasteiger partial charge < -0.3 is 14.5 Å². The van der Waals surface area contributed by atoms with Gasteiger partial charge in [0.2, 0.25) is 11.7 Å². The number of benzene rings is 1. The van der Waals surface area contributed by atoms with Crippen LogP contribution in [0.4, 0.5) is 5.69 Å². The molecule has 0 fully saturated rings. The van der Waals surface area contributed by atoms with Crippen LogP contribution in [0.15, 0.2) is 50.6 Å². The predicted octanol–water partition coefficient (Wildman–Crippen LogP) is 4.62. The number of nitrogens with one attached hydrogen (secondary N) is 1. The number of hydrogen-bond acceptors (Lipinski definition) is 6. The molecule has 0 spiro atoms. The standard InChI is InChI=1S/C18H19BrN4O3S/c1-11(2)23-17(14-8-9-15(19)26-14)21-22-18(23)27-10-16(24)20-12-6-4-5-7-13(12)25-3/h4-9,11H,10H2,1-3H3,(H,20,24). The Morgan fingerprint density at radius 3 is 2.74 bits per heavy atom. The number of rotatable bonds is 7. The second-order valence-corrected chi connectivity index (χ2v) is 7.63. The summed E-state index contributed by atoms with van der Waals surface area (Å²) < 4.78 is 13.4. The average molecular weight is 451 g/mol. The second-order valence-electron chi connectivity index (χ2n) is 5.91. The SMILES string of the molecule is COc1ccccc1NC(=O)CSc1nnc(-c2ccc(Br)o2)n1C(C)C. The van der Waals surface area contributed by atoms with Crippen LogP contribution in [0.1, 0.15) is 19.9 Å². The van der Waals surface area contributed by atoms with Gasteiger partial charge in [0.05, 0.1) is 18.6 Å². The summed E-state index contributed by atoms with van der Waals surface area (Å²) in [5.74, 6) is 1.92. The Kier molecular flexibility index (Phi) is 6.22. The van der Waals surface area contributed by atoms with E-state index in [-0.39, 0.29) is 17.7 Å².